The molecule has 0 aliphatic rings. The first kappa shape index (κ1) is 19.4. The molecule has 0 bridgehead atoms. The molecule has 0 atom stereocenters. The third kappa shape index (κ3) is 5.85. The summed E-state index contributed by atoms with van der Waals surface area (Å²) in [5.74, 6) is 0.200. The molecule has 0 N–H and O–H groups in total. The molecule has 0 radical (unpaired) electrons. The molecule has 0 amide bonds. The van der Waals surface area contributed by atoms with Crippen molar-refractivity contribution in [3.05, 3.63) is 114 Å². The number of rotatable bonds is 8. The van der Waals surface area contributed by atoms with Gasteiger partial charge in [0.2, 0.25) is 0 Å². The zero-order valence-electron chi connectivity index (χ0n) is 16.1. The fraction of sp³-hybridized carbons (Fsp3) is 0.160. The number of para-hydroxylation sites is 1. The number of carbonyl (C=O) groups excluding carboxylic acids is 1. The van der Waals surface area contributed by atoms with Crippen molar-refractivity contribution >= 4 is 5.97 Å². The SMILES string of the molecule is CC/C(=C\C(=O)Oc1ccccc1)N(Cc1ccccc1)Cc1ccccc1. The van der Waals surface area contributed by atoms with E-state index in [2.05, 4.69) is 36.1 Å². The second-order valence-electron chi connectivity index (χ2n) is 6.55. The summed E-state index contributed by atoms with van der Waals surface area (Å²) >= 11 is 0. The first-order valence-corrected chi connectivity index (χ1v) is 9.55. The van der Waals surface area contributed by atoms with Gasteiger partial charge in [-0.2, -0.15) is 0 Å². The Bertz CT molecular complexity index is 848. The van der Waals surface area contributed by atoms with Crippen molar-refractivity contribution in [3.63, 3.8) is 0 Å². The first-order valence-electron chi connectivity index (χ1n) is 9.55. The number of hydrogen-bond acceptors (Lipinski definition) is 3. The number of carbonyl (C=O) groups is 1. The normalized spacial score (nSPS) is 11.1. The van der Waals surface area contributed by atoms with E-state index in [1.165, 1.54) is 11.1 Å². The Balaban J connectivity index is 1.81. The van der Waals surface area contributed by atoms with Crippen LogP contribution in [0.15, 0.2) is 103 Å². The van der Waals surface area contributed by atoms with E-state index in [0.29, 0.717) is 5.75 Å². The predicted molar refractivity (Wildman–Crippen MR) is 113 cm³/mol. The van der Waals surface area contributed by atoms with E-state index in [1.54, 1.807) is 18.2 Å². The minimum Gasteiger partial charge on any atom is -0.423 e. The van der Waals surface area contributed by atoms with Crippen molar-refractivity contribution in [2.24, 2.45) is 0 Å². The molecule has 3 heteroatoms. The smallest absolute Gasteiger partial charge is 0.337 e. The molecule has 0 heterocycles. The standard InChI is InChI=1S/C25H25NO2/c1-2-23(18-25(27)28-24-16-10-5-11-17-24)26(19-21-12-6-3-7-13-21)20-22-14-8-4-9-15-22/h3-18H,2,19-20H2,1H3/b23-18+. The summed E-state index contributed by atoms with van der Waals surface area (Å²) in [7, 11) is 0. The maximum Gasteiger partial charge on any atom is 0.337 e. The lowest BCUT2D eigenvalue weighted by molar-refractivity contribution is -0.129. The van der Waals surface area contributed by atoms with Gasteiger partial charge in [-0.25, -0.2) is 4.79 Å². The molecule has 28 heavy (non-hydrogen) atoms. The lowest BCUT2D eigenvalue weighted by Crippen LogP contribution is -2.23. The number of allylic oxidation sites excluding steroid dienone is 1. The zero-order valence-corrected chi connectivity index (χ0v) is 16.1. The van der Waals surface area contributed by atoms with Crippen molar-refractivity contribution in [1.82, 2.24) is 4.90 Å². The maximum atomic E-state index is 12.5. The van der Waals surface area contributed by atoms with Gasteiger partial charge in [0.25, 0.3) is 0 Å². The average Bonchev–Trinajstić information content (AvgIpc) is 2.74. The van der Waals surface area contributed by atoms with Gasteiger partial charge in [-0.3, -0.25) is 0 Å². The van der Waals surface area contributed by atoms with Crippen LogP contribution in [0.25, 0.3) is 0 Å². The van der Waals surface area contributed by atoms with E-state index in [-0.39, 0.29) is 5.97 Å². The summed E-state index contributed by atoms with van der Waals surface area (Å²) in [4.78, 5) is 14.7. The molecule has 3 rings (SSSR count). The largest absolute Gasteiger partial charge is 0.423 e. The number of ether oxygens (including phenoxy) is 1. The number of benzene rings is 3. The molecule has 142 valence electrons. The zero-order chi connectivity index (χ0) is 19.6. The van der Waals surface area contributed by atoms with Gasteiger partial charge in [0.05, 0.1) is 0 Å². The van der Waals surface area contributed by atoms with Crippen LogP contribution in [0.1, 0.15) is 24.5 Å². The molecule has 0 aliphatic heterocycles. The minimum absolute atomic E-state index is 0.353. The third-order valence-electron chi connectivity index (χ3n) is 4.45. The Morgan fingerprint density at radius 3 is 1.71 bits per heavy atom. The van der Waals surface area contributed by atoms with Crippen molar-refractivity contribution in [2.75, 3.05) is 0 Å². The summed E-state index contributed by atoms with van der Waals surface area (Å²) < 4.78 is 5.46. The van der Waals surface area contributed by atoms with Crippen LogP contribution in [0.5, 0.6) is 5.75 Å². The summed E-state index contributed by atoms with van der Waals surface area (Å²) in [6.07, 6.45) is 2.35. The van der Waals surface area contributed by atoms with Gasteiger partial charge in [-0.15, -0.1) is 0 Å². The van der Waals surface area contributed by atoms with Crippen LogP contribution < -0.4 is 4.74 Å². The molecule has 0 spiro atoms. The quantitative estimate of drug-likeness (QED) is 0.294. The van der Waals surface area contributed by atoms with Gasteiger partial charge in [0.1, 0.15) is 5.75 Å². The monoisotopic (exact) mass is 371 g/mol. The molecule has 0 aromatic heterocycles. The Morgan fingerprint density at radius 2 is 1.25 bits per heavy atom. The summed E-state index contributed by atoms with van der Waals surface area (Å²) in [6.45, 7) is 3.52. The Labute approximate surface area is 166 Å². The van der Waals surface area contributed by atoms with Crippen molar-refractivity contribution < 1.29 is 9.53 Å². The van der Waals surface area contributed by atoms with E-state index in [1.807, 2.05) is 54.6 Å². The molecule has 0 fully saturated rings. The topological polar surface area (TPSA) is 29.5 Å². The van der Waals surface area contributed by atoms with E-state index >= 15 is 0 Å². The molecular formula is C25H25NO2. The van der Waals surface area contributed by atoms with Crippen molar-refractivity contribution in [2.45, 2.75) is 26.4 Å². The molecule has 3 nitrogen and oxygen atoms in total. The summed E-state index contributed by atoms with van der Waals surface area (Å²) in [5, 5.41) is 0. The number of hydrogen-bond donors (Lipinski definition) is 0. The molecule has 0 aliphatic carbocycles. The van der Waals surface area contributed by atoms with E-state index in [4.69, 9.17) is 4.74 Å². The van der Waals surface area contributed by atoms with Gasteiger partial charge in [-0.05, 0) is 29.7 Å². The van der Waals surface area contributed by atoms with E-state index in [9.17, 15) is 4.79 Å². The van der Waals surface area contributed by atoms with Crippen LogP contribution in [0, 0.1) is 0 Å². The fourth-order valence-corrected chi connectivity index (χ4v) is 3.05. The molecular weight excluding hydrogens is 346 g/mol. The lowest BCUT2D eigenvalue weighted by atomic mass is 10.1. The first-order chi connectivity index (χ1) is 13.7. The van der Waals surface area contributed by atoms with Crippen LogP contribution in [0.3, 0.4) is 0 Å². The third-order valence-corrected chi connectivity index (χ3v) is 4.45. The Hall–Kier alpha value is -3.33. The van der Waals surface area contributed by atoms with Crippen LogP contribution in [-0.2, 0) is 17.9 Å². The van der Waals surface area contributed by atoms with Crippen LogP contribution in [0.4, 0.5) is 0 Å². The van der Waals surface area contributed by atoms with Gasteiger partial charge < -0.3 is 9.64 Å². The van der Waals surface area contributed by atoms with Crippen LogP contribution in [-0.4, -0.2) is 10.9 Å². The van der Waals surface area contributed by atoms with Crippen molar-refractivity contribution in [3.8, 4) is 5.75 Å². The fourth-order valence-electron chi connectivity index (χ4n) is 3.05. The van der Waals surface area contributed by atoms with Gasteiger partial charge in [0.15, 0.2) is 0 Å². The van der Waals surface area contributed by atoms with Crippen LogP contribution >= 0.6 is 0 Å². The van der Waals surface area contributed by atoms with Gasteiger partial charge in [-0.1, -0.05) is 85.8 Å². The number of nitrogens with zero attached hydrogens (tertiary/aromatic N) is 1. The number of esters is 1. The lowest BCUT2D eigenvalue weighted by Gasteiger charge is -2.27. The minimum atomic E-state index is -0.353. The average molecular weight is 371 g/mol. The summed E-state index contributed by atoms with van der Waals surface area (Å²) in [5.41, 5.74) is 3.36. The molecule has 0 saturated heterocycles. The van der Waals surface area contributed by atoms with Crippen LogP contribution in [0.2, 0.25) is 0 Å². The molecule has 3 aromatic rings. The predicted octanol–water partition coefficient (Wildman–Crippen LogP) is 5.59. The van der Waals surface area contributed by atoms with Gasteiger partial charge in [0, 0.05) is 24.9 Å². The highest BCUT2D eigenvalue weighted by Gasteiger charge is 2.13. The molecule has 0 saturated carbocycles. The Kier molecular flexibility index (Phi) is 7.02. The Morgan fingerprint density at radius 1 is 0.786 bits per heavy atom. The maximum absolute atomic E-state index is 12.5. The van der Waals surface area contributed by atoms with Gasteiger partial charge >= 0.3 is 5.97 Å². The van der Waals surface area contributed by atoms with E-state index in [0.717, 1.165) is 25.2 Å². The highest BCUT2D eigenvalue weighted by Crippen LogP contribution is 2.19. The van der Waals surface area contributed by atoms with E-state index < -0.39 is 0 Å². The highest BCUT2D eigenvalue weighted by molar-refractivity contribution is 5.84. The molecule has 3 aromatic carbocycles. The second kappa shape index (κ2) is 10.1. The summed E-state index contributed by atoms with van der Waals surface area (Å²) in [6, 6.07) is 29.8. The molecule has 0 unspecified atom stereocenters. The second-order valence-corrected chi connectivity index (χ2v) is 6.55. The van der Waals surface area contributed by atoms with Crippen molar-refractivity contribution in [1.29, 1.82) is 0 Å². The highest BCUT2D eigenvalue weighted by atomic mass is 16.5.